The lowest BCUT2D eigenvalue weighted by Gasteiger charge is -2.32. The van der Waals surface area contributed by atoms with Crippen LogP contribution < -0.4 is 5.69 Å². The van der Waals surface area contributed by atoms with Crippen molar-refractivity contribution in [2.24, 2.45) is 4.99 Å². The number of hydrogen-bond donors (Lipinski definition) is 0. The normalized spacial score (nSPS) is 16.8. The van der Waals surface area contributed by atoms with Crippen LogP contribution >= 0.6 is 23.2 Å². The highest BCUT2D eigenvalue weighted by Gasteiger charge is 2.24. The molecule has 3 aromatic rings. The topological polar surface area (TPSA) is 58.7 Å². The highest BCUT2D eigenvalue weighted by Crippen LogP contribution is 2.28. The van der Waals surface area contributed by atoms with Gasteiger partial charge >= 0.3 is 5.69 Å². The van der Waals surface area contributed by atoms with Crippen molar-refractivity contribution in [3.8, 4) is 5.69 Å². The molecular weight excluding hydrogens is 459 g/mol. The van der Waals surface area contributed by atoms with Crippen molar-refractivity contribution in [2.75, 3.05) is 39.8 Å². The van der Waals surface area contributed by atoms with Gasteiger partial charge in [0.15, 0.2) is 5.82 Å². The molecule has 1 saturated heterocycles. The Bertz CT molecular complexity index is 1260. The lowest BCUT2D eigenvalue weighted by molar-refractivity contribution is 0.150. The molecule has 5 rings (SSSR count). The van der Waals surface area contributed by atoms with Crippen LogP contribution in [0.5, 0.6) is 0 Å². The Morgan fingerprint density at radius 2 is 1.76 bits per heavy atom. The van der Waals surface area contributed by atoms with E-state index in [1.165, 1.54) is 0 Å². The number of fused-ring (bicyclic) bond motifs is 3. The third-order valence-electron chi connectivity index (χ3n) is 6.31. The molecule has 7 nitrogen and oxygen atoms in total. The first-order chi connectivity index (χ1) is 16.0. The lowest BCUT2D eigenvalue weighted by Crippen LogP contribution is -2.44. The molecule has 2 aliphatic rings. The third kappa shape index (κ3) is 4.51. The van der Waals surface area contributed by atoms with Gasteiger partial charge in [0.1, 0.15) is 6.54 Å². The van der Waals surface area contributed by atoms with Crippen LogP contribution in [0.3, 0.4) is 0 Å². The van der Waals surface area contributed by atoms with Crippen LogP contribution in [0.2, 0.25) is 10.0 Å². The van der Waals surface area contributed by atoms with Crippen LogP contribution in [0.15, 0.2) is 52.3 Å². The summed E-state index contributed by atoms with van der Waals surface area (Å²) in [5, 5.41) is 5.82. The van der Waals surface area contributed by atoms with Crippen LogP contribution in [0.25, 0.3) is 5.69 Å². The van der Waals surface area contributed by atoms with Gasteiger partial charge in [-0.3, -0.25) is 4.99 Å². The van der Waals surface area contributed by atoms with Crippen LogP contribution in [0.1, 0.15) is 23.4 Å². The first-order valence-electron chi connectivity index (χ1n) is 11.2. The fourth-order valence-electron chi connectivity index (χ4n) is 4.47. The van der Waals surface area contributed by atoms with Crippen molar-refractivity contribution < 1.29 is 0 Å². The number of nitrogens with zero attached hydrogens (tertiary/aromatic N) is 6. The van der Waals surface area contributed by atoms with Crippen LogP contribution in [0.4, 0.5) is 0 Å². The van der Waals surface area contributed by atoms with E-state index in [1.54, 1.807) is 15.3 Å². The first kappa shape index (κ1) is 22.3. The zero-order valence-electron chi connectivity index (χ0n) is 18.5. The number of piperazine rings is 1. The standard InChI is InChI=1S/C24H26Cl2N6O/c1-29-11-13-30(14-12-29)9-4-10-31-24(33)32-21-8-7-17(25)15-19(21)23(27-16-22(32)28-31)18-5-2-3-6-20(18)26/h2-3,5-8,15H,4,9-14,16H2,1H3. The third-order valence-corrected chi connectivity index (χ3v) is 6.87. The molecule has 0 radical (unpaired) electrons. The summed E-state index contributed by atoms with van der Waals surface area (Å²) >= 11 is 12.8. The van der Waals surface area contributed by atoms with E-state index in [4.69, 9.17) is 28.2 Å². The Hall–Kier alpha value is -2.45. The van der Waals surface area contributed by atoms with Gasteiger partial charge in [-0.05, 0) is 37.7 Å². The number of likely N-dealkylation sites (N-methyl/N-ethyl adjacent to an activating group) is 1. The summed E-state index contributed by atoms with van der Waals surface area (Å²) in [6, 6.07) is 13.0. The van der Waals surface area contributed by atoms with E-state index in [-0.39, 0.29) is 12.2 Å². The van der Waals surface area contributed by atoms with Crippen molar-refractivity contribution in [3.05, 3.63) is 79.9 Å². The van der Waals surface area contributed by atoms with Crippen molar-refractivity contribution in [1.29, 1.82) is 0 Å². The Labute approximate surface area is 202 Å². The van der Waals surface area contributed by atoms with Gasteiger partial charge in [0.05, 0.1) is 11.4 Å². The average Bonchev–Trinajstić information content (AvgIpc) is 3.02. The number of rotatable bonds is 5. The Balaban J connectivity index is 1.45. The van der Waals surface area contributed by atoms with Gasteiger partial charge < -0.3 is 9.80 Å². The second-order valence-corrected chi connectivity index (χ2v) is 9.41. The molecule has 172 valence electrons. The van der Waals surface area contributed by atoms with Gasteiger partial charge in [0.2, 0.25) is 0 Å². The highest BCUT2D eigenvalue weighted by molar-refractivity contribution is 6.36. The second-order valence-electron chi connectivity index (χ2n) is 8.56. The van der Waals surface area contributed by atoms with Gasteiger partial charge in [-0.15, -0.1) is 0 Å². The summed E-state index contributed by atoms with van der Waals surface area (Å²) in [6.07, 6.45) is 0.877. The smallest absolute Gasteiger partial charge is 0.304 e. The number of aromatic nitrogens is 3. The van der Waals surface area contributed by atoms with Crippen molar-refractivity contribution in [2.45, 2.75) is 19.5 Å². The number of halogens is 2. The molecule has 0 aliphatic carbocycles. The maximum absolute atomic E-state index is 13.4. The molecule has 1 fully saturated rings. The molecule has 0 unspecified atom stereocenters. The van der Waals surface area contributed by atoms with Crippen LogP contribution in [0, 0.1) is 0 Å². The fraction of sp³-hybridized carbons (Fsp3) is 0.375. The maximum atomic E-state index is 13.4. The predicted molar refractivity (Wildman–Crippen MR) is 132 cm³/mol. The molecule has 2 aliphatic heterocycles. The van der Waals surface area contributed by atoms with Gasteiger partial charge in [-0.1, -0.05) is 41.4 Å². The molecule has 0 bridgehead atoms. The van der Waals surface area contributed by atoms with Gasteiger partial charge in [0.25, 0.3) is 0 Å². The van der Waals surface area contributed by atoms with E-state index in [2.05, 4.69) is 21.9 Å². The molecule has 0 amide bonds. The molecule has 0 spiro atoms. The molecule has 0 atom stereocenters. The van der Waals surface area contributed by atoms with Crippen LogP contribution in [-0.4, -0.2) is 69.6 Å². The second kappa shape index (κ2) is 9.43. The molecule has 2 aromatic carbocycles. The van der Waals surface area contributed by atoms with E-state index < -0.39 is 0 Å². The van der Waals surface area contributed by atoms with Gasteiger partial charge in [0, 0.05) is 60.4 Å². The Morgan fingerprint density at radius 1 is 0.970 bits per heavy atom. The summed E-state index contributed by atoms with van der Waals surface area (Å²) in [6.45, 7) is 6.14. The summed E-state index contributed by atoms with van der Waals surface area (Å²) in [7, 11) is 2.15. The molecule has 9 heteroatoms. The largest absolute Gasteiger partial charge is 0.350 e. The highest BCUT2D eigenvalue weighted by atomic mass is 35.5. The zero-order chi connectivity index (χ0) is 22.9. The molecule has 0 N–H and O–H groups in total. The number of aliphatic imine (C=N–C) groups is 1. The molecule has 0 saturated carbocycles. The minimum atomic E-state index is -0.150. The quantitative estimate of drug-likeness (QED) is 0.557. The Morgan fingerprint density at radius 3 is 2.55 bits per heavy atom. The number of hydrogen-bond acceptors (Lipinski definition) is 5. The number of benzene rings is 2. The molecular formula is C24H26Cl2N6O. The molecule has 1 aromatic heterocycles. The summed E-state index contributed by atoms with van der Waals surface area (Å²) in [5.41, 5.74) is 2.86. The van der Waals surface area contributed by atoms with E-state index in [0.717, 1.165) is 56.0 Å². The van der Waals surface area contributed by atoms with Crippen molar-refractivity contribution in [3.63, 3.8) is 0 Å². The lowest BCUT2D eigenvalue weighted by atomic mass is 10.0. The minimum absolute atomic E-state index is 0.150. The average molecular weight is 485 g/mol. The summed E-state index contributed by atoms with van der Waals surface area (Å²) < 4.78 is 3.23. The minimum Gasteiger partial charge on any atom is -0.304 e. The van der Waals surface area contributed by atoms with Gasteiger partial charge in [-0.25, -0.2) is 14.0 Å². The zero-order valence-corrected chi connectivity index (χ0v) is 20.1. The van der Waals surface area contributed by atoms with E-state index >= 15 is 0 Å². The fourth-order valence-corrected chi connectivity index (χ4v) is 4.87. The van der Waals surface area contributed by atoms with E-state index in [9.17, 15) is 4.79 Å². The SMILES string of the molecule is CN1CCN(CCCn2nc3n(c2=O)-c2ccc(Cl)cc2C(c2ccccc2Cl)=NC3)CC1. The maximum Gasteiger partial charge on any atom is 0.350 e. The van der Waals surface area contributed by atoms with Crippen molar-refractivity contribution in [1.82, 2.24) is 24.1 Å². The van der Waals surface area contributed by atoms with Crippen LogP contribution in [-0.2, 0) is 13.1 Å². The van der Waals surface area contributed by atoms with E-state index in [0.29, 0.717) is 28.1 Å². The first-order valence-corrected chi connectivity index (χ1v) is 12.0. The van der Waals surface area contributed by atoms with E-state index in [1.807, 2.05) is 36.4 Å². The van der Waals surface area contributed by atoms with Crippen molar-refractivity contribution >= 4 is 28.9 Å². The Kier molecular flexibility index (Phi) is 6.38. The monoisotopic (exact) mass is 484 g/mol. The molecule has 33 heavy (non-hydrogen) atoms. The molecule has 3 heterocycles. The predicted octanol–water partition coefficient (Wildman–Crippen LogP) is 3.33. The number of aryl methyl sites for hydroxylation is 1. The van der Waals surface area contributed by atoms with Gasteiger partial charge in [-0.2, -0.15) is 5.10 Å². The summed E-state index contributed by atoms with van der Waals surface area (Å²) in [4.78, 5) is 23.0. The summed E-state index contributed by atoms with van der Waals surface area (Å²) in [5.74, 6) is 0.616.